The Morgan fingerprint density at radius 2 is 1.83 bits per heavy atom. The van der Waals surface area contributed by atoms with E-state index in [2.05, 4.69) is 9.72 Å². The topological polar surface area (TPSA) is 81.5 Å². The minimum atomic E-state index is -4.83. The number of benzene rings is 2. The number of imidazole rings is 1. The summed E-state index contributed by atoms with van der Waals surface area (Å²) >= 11 is 0. The number of aromatic nitrogens is 2. The SMILES string of the molecule is COC(=O)c1ccc2nc3n(c2c1)CC(C(F)(F)F)N3S(=O)(=O)c1ccc(C)cc1. The summed E-state index contributed by atoms with van der Waals surface area (Å²) < 4.78 is 73.9. The predicted octanol–water partition coefficient (Wildman–Crippen LogP) is 3.27. The van der Waals surface area contributed by atoms with E-state index in [1.807, 2.05) is 0 Å². The molecular weight excluding hydrogens is 423 g/mol. The van der Waals surface area contributed by atoms with Crippen LogP contribution in [0.5, 0.6) is 0 Å². The number of ether oxygens (including phenoxy) is 1. The van der Waals surface area contributed by atoms with Crippen molar-refractivity contribution in [3.63, 3.8) is 0 Å². The zero-order valence-corrected chi connectivity index (χ0v) is 16.7. The molecule has 0 fully saturated rings. The Morgan fingerprint density at radius 1 is 1.17 bits per heavy atom. The Labute approximate surface area is 169 Å². The molecule has 4 rings (SSSR count). The van der Waals surface area contributed by atoms with Gasteiger partial charge in [-0.3, -0.25) is 0 Å². The maximum absolute atomic E-state index is 13.8. The zero-order valence-electron chi connectivity index (χ0n) is 15.8. The van der Waals surface area contributed by atoms with Crippen LogP contribution in [0.15, 0.2) is 47.4 Å². The molecule has 0 N–H and O–H groups in total. The Bertz CT molecular complexity index is 1250. The van der Waals surface area contributed by atoms with Crippen LogP contribution in [-0.2, 0) is 21.3 Å². The third-order valence-corrected chi connectivity index (χ3v) is 6.74. The van der Waals surface area contributed by atoms with E-state index in [4.69, 9.17) is 0 Å². The quantitative estimate of drug-likeness (QED) is 0.585. The number of esters is 1. The molecule has 158 valence electrons. The predicted molar refractivity (Wildman–Crippen MR) is 102 cm³/mol. The summed E-state index contributed by atoms with van der Waals surface area (Å²) in [7, 11) is -3.36. The second-order valence-electron chi connectivity index (χ2n) is 6.89. The van der Waals surface area contributed by atoms with Gasteiger partial charge in [-0.1, -0.05) is 17.7 Å². The summed E-state index contributed by atoms with van der Waals surface area (Å²) in [5, 5.41) is 0. The van der Waals surface area contributed by atoms with Gasteiger partial charge in [0.25, 0.3) is 10.0 Å². The summed E-state index contributed by atoms with van der Waals surface area (Å²) in [4.78, 5) is 15.7. The fraction of sp³-hybridized carbons (Fsp3) is 0.263. The number of fused-ring (bicyclic) bond motifs is 3. The molecule has 1 aliphatic heterocycles. The molecule has 0 saturated carbocycles. The highest BCUT2D eigenvalue weighted by Gasteiger charge is 2.54. The summed E-state index contributed by atoms with van der Waals surface area (Å²) in [6.45, 7) is 1.06. The lowest BCUT2D eigenvalue weighted by molar-refractivity contribution is -0.145. The Kier molecular flexibility index (Phi) is 4.53. The highest BCUT2D eigenvalue weighted by molar-refractivity contribution is 7.92. The van der Waals surface area contributed by atoms with Gasteiger partial charge in [0, 0.05) is 0 Å². The highest BCUT2D eigenvalue weighted by Crippen LogP contribution is 2.41. The van der Waals surface area contributed by atoms with Crippen molar-refractivity contribution in [2.75, 3.05) is 11.4 Å². The Hall–Kier alpha value is -3.08. The van der Waals surface area contributed by atoms with Crippen LogP contribution in [0.3, 0.4) is 0 Å². The van der Waals surface area contributed by atoms with E-state index < -0.39 is 34.8 Å². The number of alkyl halides is 3. The van der Waals surface area contributed by atoms with E-state index in [1.165, 1.54) is 49.6 Å². The molecule has 0 spiro atoms. The van der Waals surface area contributed by atoms with Crippen LogP contribution in [-0.4, -0.2) is 43.3 Å². The maximum Gasteiger partial charge on any atom is 0.411 e. The summed E-state index contributed by atoms with van der Waals surface area (Å²) in [6, 6.07) is 7.42. The number of sulfonamides is 1. The maximum atomic E-state index is 13.8. The molecule has 2 aromatic carbocycles. The van der Waals surface area contributed by atoms with E-state index in [9.17, 15) is 26.4 Å². The van der Waals surface area contributed by atoms with Gasteiger partial charge >= 0.3 is 12.1 Å². The largest absolute Gasteiger partial charge is 0.465 e. The molecule has 2 heterocycles. The first-order valence-electron chi connectivity index (χ1n) is 8.80. The van der Waals surface area contributed by atoms with E-state index in [0.717, 1.165) is 10.1 Å². The monoisotopic (exact) mass is 439 g/mol. The summed E-state index contributed by atoms with van der Waals surface area (Å²) in [5.74, 6) is -1.02. The molecule has 1 aromatic heterocycles. The first kappa shape index (κ1) is 20.2. The zero-order chi connectivity index (χ0) is 21.8. The standard InChI is InChI=1S/C19H16F3N3O4S/c1-11-3-6-13(7-4-11)30(27,28)25-16(19(20,21)22)10-24-15-9-12(17(26)29-2)5-8-14(15)23-18(24)25/h3-9,16H,10H2,1-2H3. The van der Waals surface area contributed by atoms with Gasteiger partial charge < -0.3 is 9.30 Å². The van der Waals surface area contributed by atoms with Gasteiger partial charge in [0.2, 0.25) is 5.95 Å². The third kappa shape index (κ3) is 3.09. The molecule has 1 atom stereocenters. The molecule has 0 aliphatic carbocycles. The van der Waals surface area contributed by atoms with Crippen molar-refractivity contribution in [3.05, 3.63) is 53.6 Å². The molecule has 1 aliphatic rings. The van der Waals surface area contributed by atoms with Gasteiger partial charge in [-0.05, 0) is 37.3 Å². The number of hydrogen-bond donors (Lipinski definition) is 0. The van der Waals surface area contributed by atoms with Crippen LogP contribution in [0.1, 0.15) is 15.9 Å². The van der Waals surface area contributed by atoms with Crippen LogP contribution >= 0.6 is 0 Å². The second kappa shape index (κ2) is 6.73. The number of carbonyl (C=O) groups is 1. The molecule has 0 radical (unpaired) electrons. The lowest BCUT2D eigenvalue weighted by Gasteiger charge is -2.26. The van der Waals surface area contributed by atoms with Crippen LogP contribution < -0.4 is 4.31 Å². The molecule has 3 aromatic rings. The van der Waals surface area contributed by atoms with Crippen molar-refractivity contribution < 1.29 is 31.1 Å². The minimum Gasteiger partial charge on any atom is -0.465 e. The van der Waals surface area contributed by atoms with E-state index in [0.29, 0.717) is 4.31 Å². The number of methoxy groups -OCH3 is 1. The van der Waals surface area contributed by atoms with Gasteiger partial charge in [-0.2, -0.15) is 13.2 Å². The number of hydrogen-bond acceptors (Lipinski definition) is 5. The molecule has 1 unspecified atom stereocenters. The molecule has 0 bridgehead atoms. The lowest BCUT2D eigenvalue weighted by atomic mass is 10.2. The van der Waals surface area contributed by atoms with Gasteiger partial charge in [-0.25, -0.2) is 22.5 Å². The molecule has 0 saturated heterocycles. The van der Waals surface area contributed by atoms with Crippen molar-refractivity contribution >= 4 is 33.0 Å². The fourth-order valence-corrected chi connectivity index (χ4v) is 5.01. The fourth-order valence-electron chi connectivity index (χ4n) is 3.42. The third-order valence-electron chi connectivity index (χ3n) is 4.94. The average Bonchev–Trinajstić information content (AvgIpc) is 3.23. The van der Waals surface area contributed by atoms with Crippen molar-refractivity contribution in [1.29, 1.82) is 0 Å². The van der Waals surface area contributed by atoms with Gasteiger partial charge in [-0.15, -0.1) is 0 Å². The van der Waals surface area contributed by atoms with E-state index in [1.54, 1.807) is 6.92 Å². The minimum absolute atomic E-state index is 0.121. The molecule has 7 nitrogen and oxygen atoms in total. The van der Waals surface area contributed by atoms with Crippen molar-refractivity contribution in [1.82, 2.24) is 9.55 Å². The van der Waals surface area contributed by atoms with E-state index >= 15 is 0 Å². The van der Waals surface area contributed by atoms with Crippen molar-refractivity contribution in [2.24, 2.45) is 0 Å². The molecule has 11 heteroatoms. The molecular formula is C19H16F3N3O4S. The van der Waals surface area contributed by atoms with Crippen LogP contribution in [0.4, 0.5) is 19.1 Å². The number of anilines is 1. The van der Waals surface area contributed by atoms with Crippen molar-refractivity contribution in [3.8, 4) is 0 Å². The van der Waals surface area contributed by atoms with Gasteiger partial charge in [0.05, 0.1) is 35.1 Å². The van der Waals surface area contributed by atoms with Crippen LogP contribution in [0.25, 0.3) is 11.0 Å². The van der Waals surface area contributed by atoms with Gasteiger partial charge in [0.1, 0.15) is 0 Å². The second-order valence-corrected chi connectivity index (χ2v) is 8.70. The van der Waals surface area contributed by atoms with Crippen LogP contribution in [0, 0.1) is 6.92 Å². The summed E-state index contributed by atoms with van der Waals surface area (Å²) in [6.07, 6.45) is -4.83. The average molecular weight is 439 g/mol. The number of carbonyl (C=O) groups excluding carboxylic acids is 1. The van der Waals surface area contributed by atoms with Crippen molar-refractivity contribution in [2.45, 2.75) is 30.6 Å². The lowest BCUT2D eigenvalue weighted by Crippen LogP contribution is -2.47. The number of rotatable bonds is 3. The normalized spacial score (nSPS) is 16.7. The van der Waals surface area contributed by atoms with Crippen LogP contribution in [0.2, 0.25) is 0 Å². The highest BCUT2D eigenvalue weighted by atomic mass is 32.2. The number of nitrogens with zero attached hydrogens (tertiary/aromatic N) is 3. The summed E-state index contributed by atoms with van der Waals surface area (Å²) in [5.41, 5.74) is 1.37. The van der Waals surface area contributed by atoms with E-state index in [-0.39, 0.29) is 27.4 Å². The number of aryl methyl sites for hydroxylation is 1. The van der Waals surface area contributed by atoms with Gasteiger partial charge in [0.15, 0.2) is 6.04 Å². The first-order chi connectivity index (χ1) is 14.0. The Balaban J connectivity index is 1.91. The smallest absolute Gasteiger partial charge is 0.411 e. The first-order valence-corrected chi connectivity index (χ1v) is 10.2. The molecule has 0 amide bonds. The molecule has 30 heavy (non-hydrogen) atoms. The number of halogens is 3. The Morgan fingerprint density at radius 3 is 2.43 bits per heavy atom.